The first kappa shape index (κ1) is 15.5. The summed E-state index contributed by atoms with van der Waals surface area (Å²) in [5.41, 5.74) is 0.437. The van der Waals surface area contributed by atoms with Crippen LogP contribution in [0, 0.1) is 6.92 Å². The molecule has 112 valence electrons. The van der Waals surface area contributed by atoms with Crippen molar-refractivity contribution in [1.82, 2.24) is 9.97 Å². The van der Waals surface area contributed by atoms with E-state index in [4.69, 9.17) is 11.6 Å². The van der Waals surface area contributed by atoms with E-state index in [9.17, 15) is 5.11 Å². The van der Waals surface area contributed by atoms with Crippen LogP contribution in [0.5, 0.6) is 0 Å². The molecule has 1 aromatic rings. The standard InChI is InChI=1S/C15H24ClN3O/c1-10-11(16)17-13(14(2,3)4)18-12(10)19-15(9-20)7-5-6-8-15/h20H,5-9H2,1-4H3,(H,17,18,19). The molecule has 1 saturated carbocycles. The van der Waals surface area contributed by atoms with Gasteiger partial charge in [-0.05, 0) is 19.8 Å². The number of rotatable bonds is 3. The third-order valence-corrected chi connectivity index (χ3v) is 4.37. The summed E-state index contributed by atoms with van der Waals surface area (Å²) in [7, 11) is 0. The summed E-state index contributed by atoms with van der Waals surface area (Å²) < 4.78 is 0. The van der Waals surface area contributed by atoms with Crippen LogP contribution in [-0.2, 0) is 5.41 Å². The Hall–Kier alpha value is -0.870. The molecule has 0 atom stereocenters. The van der Waals surface area contributed by atoms with Crippen LogP contribution in [0.1, 0.15) is 57.8 Å². The zero-order valence-electron chi connectivity index (χ0n) is 12.8. The summed E-state index contributed by atoms with van der Waals surface area (Å²) in [6.45, 7) is 8.23. The Morgan fingerprint density at radius 2 is 1.85 bits per heavy atom. The van der Waals surface area contributed by atoms with Gasteiger partial charge in [-0.1, -0.05) is 45.2 Å². The van der Waals surface area contributed by atoms with E-state index in [1.165, 1.54) is 0 Å². The molecule has 1 aliphatic carbocycles. The molecule has 0 aromatic carbocycles. The third kappa shape index (κ3) is 3.07. The maximum Gasteiger partial charge on any atom is 0.137 e. The molecule has 1 fully saturated rings. The number of anilines is 1. The number of aliphatic hydroxyl groups is 1. The smallest absolute Gasteiger partial charge is 0.137 e. The molecular formula is C15H24ClN3O. The predicted molar refractivity (Wildman–Crippen MR) is 82.4 cm³/mol. The molecule has 0 bridgehead atoms. The first-order chi connectivity index (χ1) is 9.27. The summed E-state index contributed by atoms with van der Waals surface area (Å²) in [4.78, 5) is 9.02. The van der Waals surface area contributed by atoms with Gasteiger partial charge >= 0.3 is 0 Å². The fraction of sp³-hybridized carbons (Fsp3) is 0.733. The molecule has 20 heavy (non-hydrogen) atoms. The fourth-order valence-electron chi connectivity index (χ4n) is 2.57. The van der Waals surface area contributed by atoms with Gasteiger partial charge in [-0.3, -0.25) is 0 Å². The molecule has 2 rings (SSSR count). The zero-order chi connectivity index (χ0) is 15.0. The van der Waals surface area contributed by atoms with Gasteiger partial charge < -0.3 is 10.4 Å². The van der Waals surface area contributed by atoms with Crippen molar-refractivity contribution in [3.63, 3.8) is 0 Å². The molecule has 0 radical (unpaired) electrons. The number of nitrogens with one attached hydrogen (secondary N) is 1. The maximum atomic E-state index is 9.73. The average Bonchev–Trinajstić information content (AvgIpc) is 2.82. The Bertz CT molecular complexity index is 491. The molecule has 1 aromatic heterocycles. The number of nitrogens with zero attached hydrogens (tertiary/aromatic N) is 2. The minimum Gasteiger partial charge on any atom is -0.394 e. The van der Waals surface area contributed by atoms with Crippen LogP contribution in [0.25, 0.3) is 0 Å². The molecular weight excluding hydrogens is 274 g/mol. The second-order valence-corrected chi connectivity index (χ2v) is 7.19. The Kier molecular flexibility index (Phi) is 4.26. The predicted octanol–water partition coefficient (Wildman–Crippen LogP) is 3.45. The lowest BCUT2D eigenvalue weighted by atomic mass is 9.95. The van der Waals surface area contributed by atoms with Crippen molar-refractivity contribution in [3.8, 4) is 0 Å². The Balaban J connectivity index is 2.38. The van der Waals surface area contributed by atoms with Crippen LogP contribution in [0.4, 0.5) is 5.82 Å². The first-order valence-electron chi connectivity index (χ1n) is 7.21. The van der Waals surface area contributed by atoms with Crippen LogP contribution in [0.2, 0.25) is 5.15 Å². The Labute approximate surface area is 126 Å². The lowest BCUT2D eigenvalue weighted by Gasteiger charge is -2.30. The summed E-state index contributed by atoms with van der Waals surface area (Å²) in [5, 5.41) is 13.7. The van der Waals surface area contributed by atoms with Gasteiger partial charge in [0.2, 0.25) is 0 Å². The number of hydrogen-bond donors (Lipinski definition) is 2. The molecule has 1 aliphatic rings. The van der Waals surface area contributed by atoms with Crippen LogP contribution in [0.3, 0.4) is 0 Å². The first-order valence-corrected chi connectivity index (χ1v) is 7.59. The summed E-state index contributed by atoms with van der Waals surface area (Å²) in [5.74, 6) is 1.48. The highest BCUT2D eigenvalue weighted by atomic mass is 35.5. The van der Waals surface area contributed by atoms with Gasteiger partial charge in [0.15, 0.2) is 0 Å². The van der Waals surface area contributed by atoms with Gasteiger partial charge in [-0.25, -0.2) is 9.97 Å². The van der Waals surface area contributed by atoms with Crippen LogP contribution in [0.15, 0.2) is 0 Å². The Morgan fingerprint density at radius 3 is 2.35 bits per heavy atom. The number of aromatic nitrogens is 2. The van der Waals surface area contributed by atoms with E-state index in [1.54, 1.807) is 0 Å². The van der Waals surface area contributed by atoms with E-state index in [2.05, 4.69) is 36.1 Å². The van der Waals surface area contributed by atoms with E-state index >= 15 is 0 Å². The average molecular weight is 298 g/mol. The highest BCUT2D eigenvalue weighted by molar-refractivity contribution is 6.30. The molecule has 0 amide bonds. The lowest BCUT2D eigenvalue weighted by molar-refractivity contribution is 0.213. The van der Waals surface area contributed by atoms with Crippen molar-refractivity contribution in [1.29, 1.82) is 0 Å². The van der Waals surface area contributed by atoms with Crippen molar-refractivity contribution in [3.05, 3.63) is 16.5 Å². The van der Waals surface area contributed by atoms with E-state index in [0.29, 0.717) is 5.15 Å². The van der Waals surface area contributed by atoms with E-state index in [0.717, 1.165) is 42.9 Å². The Morgan fingerprint density at radius 1 is 1.25 bits per heavy atom. The minimum atomic E-state index is -0.252. The maximum absolute atomic E-state index is 9.73. The van der Waals surface area contributed by atoms with Gasteiger partial charge in [-0.15, -0.1) is 0 Å². The molecule has 0 spiro atoms. The topological polar surface area (TPSA) is 58.0 Å². The molecule has 0 aliphatic heterocycles. The van der Waals surface area contributed by atoms with E-state index in [-0.39, 0.29) is 17.6 Å². The van der Waals surface area contributed by atoms with Gasteiger partial charge in [0, 0.05) is 11.0 Å². The minimum absolute atomic E-state index is 0.124. The largest absolute Gasteiger partial charge is 0.394 e. The molecule has 5 heteroatoms. The lowest BCUT2D eigenvalue weighted by Crippen LogP contribution is -2.40. The second-order valence-electron chi connectivity index (χ2n) is 6.83. The van der Waals surface area contributed by atoms with Crippen molar-refractivity contribution in [2.45, 2.75) is 64.3 Å². The van der Waals surface area contributed by atoms with E-state index in [1.807, 2.05) is 6.92 Å². The number of aliphatic hydroxyl groups excluding tert-OH is 1. The van der Waals surface area contributed by atoms with Crippen molar-refractivity contribution in [2.24, 2.45) is 0 Å². The van der Waals surface area contributed by atoms with Gasteiger partial charge in [0.25, 0.3) is 0 Å². The molecule has 2 N–H and O–H groups in total. The molecule has 0 saturated heterocycles. The van der Waals surface area contributed by atoms with Crippen molar-refractivity contribution in [2.75, 3.05) is 11.9 Å². The van der Waals surface area contributed by atoms with Gasteiger partial charge in [0.05, 0.1) is 12.1 Å². The fourth-order valence-corrected chi connectivity index (χ4v) is 2.74. The van der Waals surface area contributed by atoms with Gasteiger partial charge in [-0.2, -0.15) is 0 Å². The highest BCUT2D eigenvalue weighted by Crippen LogP contribution is 2.34. The second kappa shape index (κ2) is 5.49. The van der Waals surface area contributed by atoms with Crippen molar-refractivity contribution >= 4 is 17.4 Å². The highest BCUT2D eigenvalue weighted by Gasteiger charge is 2.34. The van der Waals surface area contributed by atoms with Crippen LogP contribution >= 0.6 is 11.6 Å². The summed E-state index contributed by atoms with van der Waals surface area (Å²) >= 11 is 6.25. The zero-order valence-corrected chi connectivity index (χ0v) is 13.5. The molecule has 0 unspecified atom stereocenters. The SMILES string of the molecule is Cc1c(Cl)nc(C(C)(C)C)nc1NC1(CO)CCCC1. The van der Waals surface area contributed by atoms with E-state index < -0.39 is 0 Å². The molecule has 1 heterocycles. The number of halogens is 1. The number of hydrogen-bond acceptors (Lipinski definition) is 4. The summed E-state index contributed by atoms with van der Waals surface area (Å²) in [6, 6.07) is 0. The molecule has 4 nitrogen and oxygen atoms in total. The summed E-state index contributed by atoms with van der Waals surface area (Å²) in [6.07, 6.45) is 4.21. The monoisotopic (exact) mass is 297 g/mol. The van der Waals surface area contributed by atoms with Crippen LogP contribution < -0.4 is 5.32 Å². The normalized spacial score (nSPS) is 18.3. The third-order valence-electron chi connectivity index (χ3n) is 4.00. The quantitative estimate of drug-likeness (QED) is 0.839. The van der Waals surface area contributed by atoms with Gasteiger partial charge in [0.1, 0.15) is 16.8 Å². The van der Waals surface area contributed by atoms with Crippen LogP contribution in [-0.4, -0.2) is 27.2 Å². The van der Waals surface area contributed by atoms with Crippen molar-refractivity contribution < 1.29 is 5.11 Å².